The Morgan fingerprint density at radius 2 is 1.70 bits per heavy atom. The molecule has 208 valence electrons. The molecule has 0 radical (unpaired) electrons. The first-order chi connectivity index (χ1) is 17.4. The van der Waals surface area contributed by atoms with Gasteiger partial charge < -0.3 is 30.1 Å². The van der Waals surface area contributed by atoms with E-state index in [0.717, 1.165) is 31.2 Å². The minimum atomic E-state index is -1.33. The lowest BCUT2D eigenvalue weighted by molar-refractivity contribution is -0.145. The van der Waals surface area contributed by atoms with Gasteiger partial charge in [-0.05, 0) is 45.2 Å². The predicted octanol–water partition coefficient (Wildman–Crippen LogP) is 3.01. The quantitative estimate of drug-likeness (QED) is 0.253. The highest BCUT2D eigenvalue weighted by molar-refractivity contribution is 5.93. The number of benzene rings is 1. The second kappa shape index (κ2) is 15.9. The summed E-state index contributed by atoms with van der Waals surface area (Å²) in [6, 6.07) is 4.71. The highest BCUT2D eigenvalue weighted by Crippen LogP contribution is 2.26. The number of aliphatic hydroxyl groups excluding tert-OH is 1. The van der Waals surface area contributed by atoms with Crippen LogP contribution in [0.3, 0.4) is 0 Å². The Hall–Kier alpha value is -3.14. The molecule has 0 heterocycles. The molecule has 0 aliphatic carbocycles. The molecule has 3 N–H and O–H groups in total. The van der Waals surface area contributed by atoms with Crippen molar-refractivity contribution in [1.29, 1.82) is 0 Å². The van der Waals surface area contributed by atoms with Crippen molar-refractivity contribution in [1.82, 2.24) is 15.5 Å². The minimum absolute atomic E-state index is 0.208. The van der Waals surface area contributed by atoms with Crippen molar-refractivity contribution in [2.75, 3.05) is 26.8 Å². The average molecular weight is 522 g/mol. The molecule has 10 heteroatoms. The molecule has 10 nitrogen and oxygen atoms in total. The lowest BCUT2D eigenvalue weighted by Gasteiger charge is -2.34. The van der Waals surface area contributed by atoms with Crippen molar-refractivity contribution in [3.8, 4) is 0 Å². The predicted molar refractivity (Wildman–Crippen MR) is 140 cm³/mol. The molecule has 2 atom stereocenters. The minimum Gasteiger partial charge on any atom is -0.468 e. The molecule has 37 heavy (non-hydrogen) atoms. The maximum atomic E-state index is 13.7. The van der Waals surface area contributed by atoms with Crippen LogP contribution in [0.5, 0.6) is 0 Å². The van der Waals surface area contributed by atoms with Crippen molar-refractivity contribution in [2.24, 2.45) is 0 Å². The van der Waals surface area contributed by atoms with Crippen molar-refractivity contribution >= 4 is 23.9 Å². The molecular weight excluding hydrogens is 478 g/mol. The summed E-state index contributed by atoms with van der Waals surface area (Å²) in [5.74, 6) is -1.84. The maximum absolute atomic E-state index is 13.7. The molecule has 0 saturated carbocycles. The van der Waals surface area contributed by atoms with Gasteiger partial charge in [0.25, 0.3) is 0 Å². The molecule has 1 rings (SSSR count). The standard InChI is InChI=1S/C27H43N3O7/c1-7-8-9-10-13-16-30(25(34)21(18-31)29-26(35)37-27(3,4)5)23(20-15-12-11-14-19(20)2)24(33)28-17-22(32)36-6/h11-12,14-15,21,23,31H,7-10,13,16-18H2,1-6H3,(H,28,33)(H,29,35). The zero-order valence-electron chi connectivity index (χ0n) is 23.0. The van der Waals surface area contributed by atoms with Crippen LogP contribution in [0.15, 0.2) is 24.3 Å². The number of hydrogen-bond donors (Lipinski definition) is 3. The van der Waals surface area contributed by atoms with E-state index in [4.69, 9.17) is 4.74 Å². The smallest absolute Gasteiger partial charge is 0.408 e. The molecule has 3 amide bonds. The number of nitrogens with zero attached hydrogens (tertiary/aromatic N) is 1. The third kappa shape index (κ3) is 11.2. The Labute approximate surface area is 220 Å². The number of carbonyl (C=O) groups excluding carboxylic acids is 4. The lowest BCUT2D eigenvalue weighted by Crippen LogP contribution is -2.55. The summed E-state index contributed by atoms with van der Waals surface area (Å²) in [6.07, 6.45) is 3.67. The second-order valence-corrected chi connectivity index (χ2v) is 9.88. The summed E-state index contributed by atoms with van der Waals surface area (Å²) in [5.41, 5.74) is 0.537. The van der Waals surface area contributed by atoms with E-state index in [9.17, 15) is 24.3 Å². The summed E-state index contributed by atoms with van der Waals surface area (Å²) in [5, 5.41) is 15.0. The Morgan fingerprint density at radius 1 is 1.05 bits per heavy atom. The third-order valence-electron chi connectivity index (χ3n) is 5.63. The van der Waals surface area contributed by atoms with Crippen molar-refractivity contribution in [3.63, 3.8) is 0 Å². The van der Waals surface area contributed by atoms with Crippen LogP contribution >= 0.6 is 0 Å². The summed E-state index contributed by atoms with van der Waals surface area (Å²) >= 11 is 0. The van der Waals surface area contributed by atoms with E-state index in [-0.39, 0.29) is 13.1 Å². The van der Waals surface area contributed by atoms with E-state index in [1.165, 1.54) is 12.0 Å². The number of aliphatic hydroxyl groups is 1. The van der Waals surface area contributed by atoms with E-state index in [2.05, 4.69) is 22.3 Å². The number of alkyl carbamates (subject to hydrolysis) is 1. The van der Waals surface area contributed by atoms with Gasteiger partial charge in [0.15, 0.2) is 0 Å². The Balaban J connectivity index is 3.37. The first-order valence-corrected chi connectivity index (χ1v) is 12.8. The Kier molecular flexibility index (Phi) is 13.7. The fraction of sp³-hybridized carbons (Fsp3) is 0.630. The van der Waals surface area contributed by atoms with Crippen LogP contribution in [0, 0.1) is 6.92 Å². The van der Waals surface area contributed by atoms with Gasteiger partial charge in [-0.2, -0.15) is 0 Å². The highest BCUT2D eigenvalue weighted by atomic mass is 16.6. The SMILES string of the molecule is CCCCCCCN(C(=O)C(CO)NC(=O)OC(C)(C)C)C(C(=O)NCC(=O)OC)c1ccccc1C. The fourth-order valence-corrected chi connectivity index (χ4v) is 3.76. The van der Waals surface area contributed by atoms with E-state index in [0.29, 0.717) is 12.0 Å². The van der Waals surface area contributed by atoms with Gasteiger partial charge >= 0.3 is 12.1 Å². The molecule has 2 unspecified atom stereocenters. The number of methoxy groups -OCH3 is 1. The summed E-state index contributed by atoms with van der Waals surface area (Å²) < 4.78 is 9.88. The largest absolute Gasteiger partial charge is 0.468 e. The molecule has 0 saturated heterocycles. The molecule has 0 fully saturated rings. The van der Waals surface area contributed by atoms with E-state index in [1.54, 1.807) is 32.9 Å². The zero-order valence-corrected chi connectivity index (χ0v) is 23.0. The third-order valence-corrected chi connectivity index (χ3v) is 5.63. The van der Waals surface area contributed by atoms with Crippen LogP contribution in [-0.4, -0.2) is 72.3 Å². The summed E-state index contributed by atoms with van der Waals surface area (Å²) in [7, 11) is 1.22. The summed E-state index contributed by atoms with van der Waals surface area (Å²) in [6.45, 7) is 8.14. The first kappa shape index (κ1) is 31.9. The van der Waals surface area contributed by atoms with Gasteiger partial charge in [0.2, 0.25) is 11.8 Å². The van der Waals surface area contributed by atoms with E-state index < -0.39 is 48.2 Å². The number of esters is 1. The molecule has 0 aromatic heterocycles. The van der Waals surface area contributed by atoms with Crippen LogP contribution in [0.4, 0.5) is 4.79 Å². The lowest BCUT2D eigenvalue weighted by atomic mass is 9.97. The Morgan fingerprint density at radius 3 is 2.27 bits per heavy atom. The second-order valence-electron chi connectivity index (χ2n) is 9.88. The van der Waals surface area contributed by atoms with Gasteiger partial charge in [-0.1, -0.05) is 56.9 Å². The fourth-order valence-electron chi connectivity index (χ4n) is 3.76. The first-order valence-electron chi connectivity index (χ1n) is 12.8. The van der Waals surface area contributed by atoms with Crippen LogP contribution in [0.25, 0.3) is 0 Å². The van der Waals surface area contributed by atoms with Crippen LogP contribution in [-0.2, 0) is 23.9 Å². The average Bonchev–Trinajstić information content (AvgIpc) is 2.84. The van der Waals surface area contributed by atoms with E-state index >= 15 is 0 Å². The molecule has 0 aliphatic heterocycles. The molecule has 1 aromatic rings. The van der Waals surface area contributed by atoms with Crippen LogP contribution in [0.1, 0.15) is 77.0 Å². The highest BCUT2D eigenvalue weighted by Gasteiger charge is 2.36. The van der Waals surface area contributed by atoms with E-state index in [1.807, 2.05) is 19.1 Å². The molecular formula is C27H43N3O7. The maximum Gasteiger partial charge on any atom is 0.408 e. The van der Waals surface area contributed by atoms with Gasteiger partial charge in [-0.3, -0.25) is 14.4 Å². The number of amides is 3. The number of unbranched alkanes of at least 4 members (excludes halogenated alkanes) is 4. The van der Waals surface area contributed by atoms with Gasteiger partial charge in [-0.15, -0.1) is 0 Å². The van der Waals surface area contributed by atoms with Gasteiger partial charge in [0.1, 0.15) is 24.2 Å². The van der Waals surface area contributed by atoms with Gasteiger partial charge in [0, 0.05) is 6.54 Å². The number of carbonyl (C=O) groups is 4. The van der Waals surface area contributed by atoms with Crippen molar-refractivity contribution < 1.29 is 33.8 Å². The number of rotatable bonds is 14. The molecule has 1 aromatic carbocycles. The Bertz CT molecular complexity index is 898. The normalized spacial score (nSPS) is 12.7. The number of hydrogen-bond acceptors (Lipinski definition) is 7. The monoisotopic (exact) mass is 521 g/mol. The number of nitrogens with one attached hydrogen (secondary N) is 2. The van der Waals surface area contributed by atoms with Crippen molar-refractivity contribution in [2.45, 2.75) is 84.4 Å². The van der Waals surface area contributed by atoms with Gasteiger partial charge in [-0.25, -0.2) is 4.79 Å². The molecule has 0 bridgehead atoms. The van der Waals surface area contributed by atoms with Crippen LogP contribution in [0.2, 0.25) is 0 Å². The molecule has 0 spiro atoms. The number of ether oxygens (including phenoxy) is 2. The zero-order chi connectivity index (χ0) is 28.0. The topological polar surface area (TPSA) is 134 Å². The van der Waals surface area contributed by atoms with Gasteiger partial charge in [0.05, 0.1) is 13.7 Å². The molecule has 0 aliphatic rings. The number of aryl methyl sites for hydroxylation is 1. The van der Waals surface area contributed by atoms with Crippen molar-refractivity contribution in [3.05, 3.63) is 35.4 Å². The summed E-state index contributed by atoms with van der Waals surface area (Å²) in [4.78, 5) is 52.6. The van der Waals surface area contributed by atoms with Crippen LogP contribution < -0.4 is 10.6 Å².